The predicted octanol–water partition coefficient (Wildman–Crippen LogP) is 0.954. The topological polar surface area (TPSA) is 47.6 Å². The van der Waals surface area contributed by atoms with Gasteiger partial charge in [0, 0.05) is 13.2 Å². The van der Waals surface area contributed by atoms with Crippen LogP contribution in [0.2, 0.25) is 0 Å². The highest BCUT2D eigenvalue weighted by Gasteiger charge is 2.48. The molecule has 0 bridgehead atoms. The summed E-state index contributed by atoms with van der Waals surface area (Å²) in [5.74, 6) is 0.860. The van der Waals surface area contributed by atoms with Gasteiger partial charge in [0.1, 0.15) is 5.54 Å². The van der Waals surface area contributed by atoms with E-state index < -0.39 is 5.54 Å². The maximum atomic E-state index is 11.8. The summed E-state index contributed by atoms with van der Waals surface area (Å²) in [4.78, 5) is 11.8. The van der Waals surface area contributed by atoms with E-state index in [1.807, 2.05) is 6.92 Å². The Kier molecular flexibility index (Phi) is 3.50. The quantitative estimate of drug-likeness (QED) is 0.711. The van der Waals surface area contributed by atoms with Crippen LogP contribution in [0.3, 0.4) is 0 Å². The fourth-order valence-corrected chi connectivity index (χ4v) is 2.36. The van der Waals surface area contributed by atoms with E-state index in [1.165, 1.54) is 7.11 Å². The number of esters is 1. The van der Waals surface area contributed by atoms with E-state index in [4.69, 9.17) is 9.47 Å². The number of nitrogens with one attached hydrogen (secondary N) is 1. The Morgan fingerprint density at radius 1 is 1.50 bits per heavy atom. The number of methoxy groups -OCH3 is 1. The predicted molar refractivity (Wildman–Crippen MR) is 60.1 cm³/mol. The van der Waals surface area contributed by atoms with Gasteiger partial charge in [0.2, 0.25) is 0 Å². The molecule has 0 aromatic heterocycles. The SMILES string of the molecule is COC(=O)C(C)(NCC1CCOC1)C1CC1. The van der Waals surface area contributed by atoms with Gasteiger partial charge in [-0.15, -0.1) is 0 Å². The highest BCUT2D eigenvalue weighted by Crippen LogP contribution is 2.40. The van der Waals surface area contributed by atoms with Crippen molar-refractivity contribution >= 4 is 5.97 Å². The van der Waals surface area contributed by atoms with Crippen LogP contribution in [-0.2, 0) is 14.3 Å². The molecule has 2 aliphatic rings. The Morgan fingerprint density at radius 2 is 2.25 bits per heavy atom. The second kappa shape index (κ2) is 4.72. The van der Waals surface area contributed by atoms with E-state index >= 15 is 0 Å². The molecule has 1 aliphatic carbocycles. The van der Waals surface area contributed by atoms with E-state index in [0.717, 1.165) is 39.0 Å². The number of hydrogen-bond donors (Lipinski definition) is 1. The molecule has 0 radical (unpaired) electrons. The summed E-state index contributed by atoms with van der Waals surface area (Å²) in [6, 6.07) is 0. The lowest BCUT2D eigenvalue weighted by Crippen LogP contribution is -2.53. The normalized spacial score (nSPS) is 28.8. The van der Waals surface area contributed by atoms with Crippen LogP contribution >= 0.6 is 0 Å². The van der Waals surface area contributed by atoms with Crippen molar-refractivity contribution < 1.29 is 14.3 Å². The van der Waals surface area contributed by atoms with Crippen molar-refractivity contribution in [2.45, 2.75) is 31.7 Å². The van der Waals surface area contributed by atoms with Crippen LogP contribution in [0, 0.1) is 11.8 Å². The largest absolute Gasteiger partial charge is 0.468 e. The van der Waals surface area contributed by atoms with Gasteiger partial charge in [-0.1, -0.05) is 0 Å². The molecule has 2 atom stereocenters. The van der Waals surface area contributed by atoms with Gasteiger partial charge in [-0.3, -0.25) is 4.79 Å². The zero-order valence-corrected chi connectivity index (χ0v) is 10.1. The Balaban J connectivity index is 1.89. The summed E-state index contributed by atoms with van der Waals surface area (Å²) in [7, 11) is 1.46. The van der Waals surface area contributed by atoms with Gasteiger partial charge in [0.05, 0.1) is 13.7 Å². The van der Waals surface area contributed by atoms with Gasteiger partial charge in [-0.05, 0) is 38.0 Å². The van der Waals surface area contributed by atoms with Crippen molar-refractivity contribution in [2.24, 2.45) is 11.8 Å². The van der Waals surface area contributed by atoms with E-state index in [-0.39, 0.29) is 5.97 Å². The first-order chi connectivity index (χ1) is 7.66. The Bertz CT molecular complexity index is 259. The maximum Gasteiger partial charge on any atom is 0.326 e. The average molecular weight is 227 g/mol. The number of carbonyl (C=O) groups excluding carboxylic acids is 1. The van der Waals surface area contributed by atoms with Crippen LogP contribution in [0.5, 0.6) is 0 Å². The molecule has 1 N–H and O–H groups in total. The molecule has 2 unspecified atom stereocenters. The van der Waals surface area contributed by atoms with Gasteiger partial charge < -0.3 is 14.8 Å². The van der Waals surface area contributed by atoms with Crippen LogP contribution in [-0.4, -0.2) is 38.4 Å². The summed E-state index contributed by atoms with van der Waals surface area (Å²) in [5.41, 5.74) is -0.489. The lowest BCUT2D eigenvalue weighted by atomic mass is 9.94. The Hall–Kier alpha value is -0.610. The van der Waals surface area contributed by atoms with Gasteiger partial charge in [-0.2, -0.15) is 0 Å². The van der Waals surface area contributed by atoms with E-state index in [2.05, 4.69) is 5.32 Å². The highest BCUT2D eigenvalue weighted by molar-refractivity contribution is 5.81. The molecular formula is C12H21NO3. The van der Waals surface area contributed by atoms with Gasteiger partial charge in [0.15, 0.2) is 0 Å². The van der Waals surface area contributed by atoms with Crippen molar-refractivity contribution in [3.8, 4) is 0 Å². The fraction of sp³-hybridized carbons (Fsp3) is 0.917. The molecule has 1 saturated carbocycles. The summed E-state index contributed by atoms with van der Waals surface area (Å²) in [6.07, 6.45) is 3.34. The first-order valence-electron chi connectivity index (χ1n) is 6.08. The molecule has 2 rings (SSSR count). The highest BCUT2D eigenvalue weighted by atomic mass is 16.5. The molecule has 1 saturated heterocycles. The number of ether oxygens (including phenoxy) is 2. The third-order valence-corrected chi connectivity index (χ3v) is 3.79. The van der Waals surface area contributed by atoms with Crippen LogP contribution in [0.25, 0.3) is 0 Å². The lowest BCUT2D eigenvalue weighted by molar-refractivity contribution is -0.149. The van der Waals surface area contributed by atoms with Crippen molar-refractivity contribution in [1.82, 2.24) is 5.32 Å². The molecule has 16 heavy (non-hydrogen) atoms. The molecule has 4 nitrogen and oxygen atoms in total. The van der Waals surface area contributed by atoms with Crippen LogP contribution in [0.15, 0.2) is 0 Å². The maximum absolute atomic E-state index is 11.8. The molecule has 0 aromatic rings. The third-order valence-electron chi connectivity index (χ3n) is 3.79. The molecule has 1 aliphatic heterocycles. The smallest absolute Gasteiger partial charge is 0.326 e. The minimum absolute atomic E-state index is 0.131. The van der Waals surface area contributed by atoms with Crippen molar-refractivity contribution in [2.75, 3.05) is 26.9 Å². The zero-order valence-electron chi connectivity index (χ0n) is 10.1. The average Bonchev–Trinajstić information content (AvgIpc) is 3.03. The second-order valence-electron chi connectivity index (χ2n) is 5.08. The standard InChI is InChI=1S/C12H21NO3/c1-12(10-3-4-10,11(14)15-2)13-7-9-5-6-16-8-9/h9-10,13H,3-8H2,1-2H3. The Morgan fingerprint density at radius 3 is 2.75 bits per heavy atom. The summed E-state index contributed by atoms with van der Waals surface area (Å²) in [6.45, 7) is 4.48. The van der Waals surface area contributed by atoms with Crippen molar-refractivity contribution in [3.63, 3.8) is 0 Å². The molecule has 0 spiro atoms. The van der Waals surface area contributed by atoms with E-state index in [1.54, 1.807) is 0 Å². The lowest BCUT2D eigenvalue weighted by Gasteiger charge is -2.29. The number of hydrogen-bond acceptors (Lipinski definition) is 4. The van der Waals surface area contributed by atoms with Crippen molar-refractivity contribution in [1.29, 1.82) is 0 Å². The molecule has 0 amide bonds. The summed E-state index contributed by atoms with van der Waals surface area (Å²) < 4.78 is 10.2. The molecule has 2 fully saturated rings. The van der Waals surface area contributed by atoms with Crippen LogP contribution in [0.1, 0.15) is 26.2 Å². The van der Waals surface area contributed by atoms with Gasteiger partial charge >= 0.3 is 5.97 Å². The summed E-state index contributed by atoms with van der Waals surface area (Å²) >= 11 is 0. The molecule has 4 heteroatoms. The first-order valence-corrected chi connectivity index (χ1v) is 6.08. The minimum atomic E-state index is -0.489. The van der Waals surface area contributed by atoms with Crippen LogP contribution in [0.4, 0.5) is 0 Å². The molecule has 92 valence electrons. The second-order valence-corrected chi connectivity index (χ2v) is 5.08. The number of rotatable bonds is 5. The van der Waals surface area contributed by atoms with Gasteiger partial charge in [-0.25, -0.2) is 0 Å². The van der Waals surface area contributed by atoms with Crippen molar-refractivity contribution in [3.05, 3.63) is 0 Å². The van der Waals surface area contributed by atoms with Crippen LogP contribution < -0.4 is 5.32 Å². The first kappa shape index (κ1) is 11.9. The summed E-state index contributed by atoms with van der Waals surface area (Å²) in [5, 5.41) is 3.40. The monoisotopic (exact) mass is 227 g/mol. The zero-order chi connectivity index (χ0) is 11.6. The van der Waals surface area contributed by atoms with Gasteiger partial charge in [0.25, 0.3) is 0 Å². The molecule has 1 heterocycles. The molecule has 0 aromatic carbocycles. The Labute approximate surface area is 96.7 Å². The molecular weight excluding hydrogens is 206 g/mol. The third kappa shape index (κ3) is 2.38. The van der Waals surface area contributed by atoms with E-state index in [0.29, 0.717) is 11.8 Å². The number of carbonyl (C=O) groups is 1. The minimum Gasteiger partial charge on any atom is -0.468 e. The fourth-order valence-electron chi connectivity index (χ4n) is 2.36. The van der Waals surface area contributed by atoms with E-state index in [9.17, 15) is 4.79 Å².